The van der Waals surface area contributed by atoms with Crippen molar-refractivity contribution in [3.8, 4) is 5.75 Å². The molecule has 0 radical (unpaired) electrons. The molecule has 0 saturated heterocycles. The number of nitrogens with two attached hydrogens (primary N) is 1. The maximum atomic E-state index is 6.48. The Morgan fingerprint density at radius 2 is 1.80 bits per heavy atom. The zero-order valence-corrected chi connectivity index (χ0v) is 13.4. The average Bonchev–Trinajstić information content (AvgIpc) is 2.49. The van der Waals surface area contributed by atoms with Crippen LogP contribution in [0.5, 0.6) is 5.75 Å². The predicted molar refractivity (Wildman–Crippen MR) is 87.1 cm³/mol. The van der Waals surface area contributed by atoms with Crippen molar-refractivity contribution in [2.75, 3.05) is 7.11 Å². The molecule has 2 aromatic carbocycles. The number of rotatable bonds is 5. The Morgan fingerprint density at radius 3 is 2.35 bits per heavy atom. The third-order valence-corrected chi connectivity index (χ3v) is 4.28. The Hall–Kier alpha value is -1.32. The standard InChI is InChI=1S/C17H20BrNO/c1-3-14(12-7-5-4-6-8-12)17(19)13-9-10-16(20-2)15(18)11-13/h4-11,14,17H,3,19H2,1-2H3. The Kier molecular flexibility index (Phi) is 5.21. The molecule has 0 aliphatic heterocycles. The fourth-order valence-electron chi connectivity index (χ4n) is 2.52. The maximum absolute atomic E-state index is 6.48. The van der Waals surface area contributed by atoms with Crippen molar-refractivity contribution in [1.82, 2.24) is 0 Å². The van der Waals surface area contributed by atoms with Crippen molar-refractivity contribution in [3.05, 3.63) is 64.1 Å². The molecule has 2 rings (SSSR count). The molecule has 0 bridgehead atoms. The van der Waals surface area contributed by atoms with Gasteiger partial charge in [0.15, 0.2) is 0 Å². The highest BCUT2D eigenvalue weighted by Gasteiger charge is 2.20. The first kappa shape index (κ1) is 15.1. The molecular formula is C17H20BrNO. The fourth-order valence-corrected chi connectivity index (χ4v) is 3.08. The number of ether oxygens (including phenoxy) is 1. The van der Waals surface area contributed by atoms with Crippen LogP contribution in [-0.4, -0.2) is 7.11 Å². The lowest BCUT2D eigenvalue weighted by Crippen LogP contribution is -2.19. The molecule has 0 saturated carbocycles. The van der Waals surface area contributed by atoms with E-state index >= 15 is 0 Å². The molecule has 0 aromatic heterocycles. The smallest absolute Gasteiger partial charge is 0.133 e. The molecule has 3 heteroatoms. The van der Waals surface area contributed by atoms with Gasteiger partial charge in [-0.05, 0) is 45.6 Å². The summed E-state index contributed by atoms with van der Waals surface area (Å²) in [5, 5.41) is 0. The number of hydrogen-bond donors (Lipinski definition) is 1. The van der Waals surface area contributed by atoms with Crippen molar-refractivity contribution >= 4 is 15.9 Å². The van der Waals surface area contributed by atoms with Gasteiger partial charge in [-0.3, -0.25) is 0 Å². The van der Waals surface area contributed by atoms with Gasteiger partial charge >= 0.3 is 0 Å². The summed E-state index contributed by atoms with van der Waals surface area (Å²) >= 11 is 3.52. The number of halogens is 1. The van der Waals surface area contributed by atoms with E-state index in [2.05, 4.69) is 53.2 Å². The van der Waals surface area contributed by atoms with E-state index in [-0.39, 0.29) is 6.04 Å². The number of hydrogen-bond acceptors (Lipinski definition) is 2. The van der Waals surface area contributed by atoms with Crippen molar-refractivity contribution in [1.29, 1.82) is 0 Å². The van der Waals surface area contributed by atoms with Crippen LogP contribution in [0.15, 0.2) is 53.0 Å². The zero-order chi connectivity index (χ0) is 14.5. The van der Waals surface area contributed by atoms with Crippen LogP contribution in [0.4, 0.5) is 0 Å². The van der Waals surface area contributed by atoms with E-state index in [9.17, 15) is 0 Å². The van der Waals surface area contributed by atoms with Gasteiger partial charge in [-0.2, -0.15) is 0 Å². The summed E-state index contributed by atoms with van der Waals surface area (Å²) in [6.07, 6.45) is 1.01. The first-order chi connectivity index (χ1) is 9.67. The van der Waals surface area contributed by atoms with Crippen molar-refractivity contribution < 1.29 is 4.74 Å². The third kappa shape index (κ3) is 3.22. The van der Waals surface area contributed by atoms with Crippen LogP contribution in [0.1, 0.15) is 36.4 Å². The normalized spacial score (nSPS) is 13.8. The second-order valence-electron chi connectivity index (χ2n) is 4.85. The molecule has 0 aliphatic rings. The van der Waals surface area contributed by atoms with Crippen molar-refractivity contribution in [3.63, 3.8) is 0 Å². The van der Waals surface area contributed by atoms with Crippen molar-refractivity contribution in [2.24, 2.45) is 5.73 Å². The Labute approximate surface area is 129 Å². The summed E-state index contributed by atoms with van der Waals surface area (Å²) in [5.74, 6) is 1.14. The molecule has 0 fully saturated rings. The van der Waals surface area contributed by atoms with Crippen LogP contribution in [0.3, 0.4) is 0 Å². The quantitative estimate of drug-likeness (QED) is 0.864. The van der Waals surface area contributed by atoms with E-state index in [4.69, 9.17) is 10.5 Å². The molecule has 2 N–H and O–H groups in total. The molecular weight excluding hydrogens is 314 g/mol. The van der Waals surface area contributed by atoms with Gasteiger partial charge in [-0.25, -0.2) is 0 Å². The van der Waals surface area contributed by atoms with E-state index in [1.165, 1.54) is 5.56 Å². The minimum Gasteiger partial charge on any atom is -0.496 e. The first-order valence-electron chi connectivity index (χ1n) is 6.81. The Bertz CT molecular complexity index is 556. The van der Waals surface area contributed by atoms with Gasteiger partial charge in [0, 0.05) is 12.0 Å². The highest BCUT2D eigenvalue weighted by atomic mass is 79.9. The van der Waals surface area contributed by atoms with Crippen LogP contribution < -0.4 is 10.5 Å². The van der Waals surface area contributed by atoms with Gasteiger partial charge in [0.2, 0.25) is 0 Å². The van der Waals surface area contributed by atoms with Crippen molar-refractivity contribution in [2.45, 2.75) is 25.3 Å². The SMILES string of the molecule is CCC(c1ccccc1)C(N)c1ccc(OC)c(Br)c1. The summed E-state index contributed by atoms with van der Waals surface area (Å²) in [7, 11) is 1.67. The molecule has 2 atom stereocenters. The second-order valence-corrected chi connectivity index (χ2v) is 5.70. The lowest BCUT2D eigenvalue weighted by Gasteiger charge is -2.24. The highest BCUT2D eigenvalue weighted by Crippen LogP contribution is 2.35. The Balaban J connectivity index is 2.29. The van der Waals surface area contributed by atoms with E-state index in [0.29, 0.717) is 5.92 Å². The highest BCUT2D eigenvalue weighted by molar-refractivity contribution is 9.10. The predicted octanol–water partition coefficient (Wildman–Crippen LogP) is 4.65. The summed E-state index contributed by atoms with van der Waals surface area (Å²) in [6, 6.07) is 16.5. The summed E-state index contributed by atoms with van der Waals surface area (Å²) in [4.78, 5) is 0. The molecule has 106 valence electrons. The maximum Gasteiger partial charge on any atom is 0.133 e. The fraction of sp³-hybridized carbons (Fsp3) is 0.294. The topological polar surface area (TPSA) is 35.2 Å². The van der Waals surface area contributed by atoms with Crippen LogP contribution in [0.2, 0.25) is 0 Å². The van der Waals surface area contributed by atoms with E-state index in [1.807, 2.05) is 18.2 Å². The van der Waals surface area contributed by atoms with Crippen LogP contribution in [-0.2, 0) is 0 Å². The molecule has 0 aliphatic carbocycles. The van der Waals surface area contributed by atoms with Crippen LogP contribution >= 0.6 is 15.9 Å². The third-order valence-electron chi connectivity index (χ3n) is 3.66. The van der Waals surface area contributed by atoms with Gasteiger partial charge in [0.25, 0.3) is 0 Å². The zero-order valence-electron chi connectivity index (χ0n) is 11.8. The largest absolute Gasteiger partial charge is 0.496 e. The number of benzene rings is 2. The second kappa shape index (κ2) is 6.91. The lowest BCUT2D eigenvalue weighted by atomic mass is 9.86. The minimum absolute atomic E-state index is 0.0235. The molecule has 2 nitrogen and oxygen atoms in total. The van der Waals surface area contributed by atoms with E-state index in [1.54, 1.807) is 7.11 Å². The van der Waals surface area contributed by atoms with E-state index < -0.39 is 0 Å². The van der Waals surface area contributed by atoms with Gasteiger partial charge < -0.3 is 10.5 Å². The molecule has 0 spiro atoms. The molecule has 2 unspecified atom stereocenters. The molecule has 0 amide bonds. The van der Waals surface area contributed by atoms with Gasteiger partial charge in [-0.15, -0.1) is 0 Å². The lowest BCUT2D eigenvalue weighted by molar-refractivity contribution is 0.411. The number of methoxy groups -OCH3 is 1. The summed E-state index contributed by atoms with van der Waals surface area (Å²) < 4.78 is 6.20. The van der Waals surface area contributed by atoms with Gasteiger partial charge in [-0.1, -0.05) is 43.3 Å². The van der Waals surface area contributed by atoms with Crippen LogP contribution in [0.25, 0.3) is 0 Å². The van der Waals surface area contributed by atoms with Gasteiger partial charge in [0.1, 0.15) is 5.75 Å². The average molecular weight is 334 g/mol. The van der Waals surface area contributed by atoms with Gasteiger partial charge in [0.05, 0.1) is 11.6 Å². The molecule has 0 heterocycles. The Morgan fingerprint density at radius 1 is 1.10 bits per heavy atom. The summed E-state index contributed by atoms with van der Waals surface area (Å²) in [5.41, 5.74) is 8.89. The van der Waals surface area contributed by atoms with E-state index in [0.717, 1.165) is 22.2 Å². The minimum atomic E-state index is -0.0235. The van der Waals surface area contributed by atoms with Crippen LogP contribution in [0, 0.1) is 0 Å². The summed E-state index contributed by atoms with van der Waals surface area (Å²) in [6.45, 7) is 2.18. The molecule has 2 aromatic rings. The molecule has 20 heavy (non-hydrogen) atoms. The monoisotopic (exact) mass is 333 g/mol. The first-order valence-corrected chi connectivity index (χ1v) is 7.60.